The Morgan fingerprint density at radius 3 is 2.31 bits per heavy atom. The molecule has 1 heterocycles. The molecular weight excluding hydrogens is 394 g/mol. The Kier molecular flexibility index (Phi) is 5.15. The first-order chi connectivity index (χ1) is 13.9. The zero-order valence-electron chi connectivity index (χ0n) is 15.4. The number of rotatable bonds is 3. The standard InChI is InChI=1S/C22H18F2N2O2S/c23-19-10-11-21(20(24)14-19)29(27,28)25-22(17-7-2-1-3-8-17)26-13-12-16-6-4-5-9-18(16)15-26/h1-11,14H,12-13,15H2. The average molecular weight is 412 g/mol. The van der Waals surface area contributed by atoms with Gasteiger partial charge in [-0.15, -0.1) is 4.40 Å². The predicted octanol–water partition coefficient (Wildman–Crippen LogP) is 4.16. The lowest BCUT2D eigenvalue weighted by atomic mass is 9.99. The first-order valence-corrected chi connectivity index (χ1v) is 10.6. The van der Waals surface area contributed by atoms with Crippen molar-refractivity contribution in [3.8, 4) is 0 Å². The van der Waals surface area contributed by atoms with Gasteiger partial charge in [0.05, 0.1) is 0 Å². The molecule has 0 spiro atoms. The third-order valence-electron chi connectivity index (χ3n) is 4.84. The van der Waals surface area contributed by atoms with Gasteiger partial charge in [0, 0.05) is 24.7 Å². The topological polar surface area (TPSA) is 49.7 Å². The summed E-state index contributed by atoms with van der Waals surface area (Å²) in [5.41, 5.74) is 2.91. The summed E-state index contributed by atoms with van der Waals surface area (Å²) in [6, 6.07) is 19.2. The number of hydrogen-bond acceptors (Lipinski definition) is 2. The number of benzene rings is 3. The van der Waals surface area contributed by atoms with Crippen LogP contribution in [-0.4, -0.2) is 25.7 Å². The van der Waals surface area contributed by atoms with Crippen LogP contribution in [0.25, 0.3) is 0 Å². The highest BCUT2D eigenvalue weighted by molar-refractivity contribution is 7.90. The second kappa shape index (κ2) is 7.75. The molecule has 3 aromatic carbocycles. The van der Waals surface area contributed by atoms with Crippen LogP contribution in [0.15, 0.2) is 82.1 Å². The van der Waals surface area contributed by atoms with Gasteiger partial charge < -0.3 is 4.90 Å². The van der Waals surface area contributed by atoms with E-state index in [1.165, 1.54) is 5.56 Å². The molecule has 29 heavy (non-hydrogen) atoms. The van der Waals surface area contributed by atoms with Crippen LogP contribution in [0.3, 0.4) is 0 Å². The number of halogens is 2. The maximum atomic E-state index is 14.1. The summed E-state index contributed by atoms with van der Waals surface area (Å²) in [7, 11) is -4.38. The van der Waals surface area contributed by atoms with Crippen molar-refractivity contribution in [3.63, 3.8) is 0 Å². The number of nitrogens with zero attached hydrogens (tertiary/aromatic N) is 2. The minimum Gasteiger partial charge on any atom is -0.351 e. The van der Waals surface area contributed by atoms with Crippen LogP contribution in [0.5, 0.6) is 0 Å². The van der Waals surface area contributed by atoms with Gasteiger partial charge >= 0.3 is 0 Å². The van der Waals surface area contributed by atoms with E-state index >= 15 is 0 Å². The van der Waals surface area contributed by atoms with Gasteiger partial charge in [0.1, 0.15) is 22.4 Å². The maximum absolute atomic E-state index is 14.1. The van der Waals surface area contributed by atoms with Crippen molar-refractivity contribution in [2.75, 3.05) is 6.54 Å². The van der Waals surface area contributed by atoms with Crippen LogP contribution < -0.4 is 0 Å². The van der Waals surface area contributed by atoms with Gasteiger partial charge in [-0.05, 0) is 29.7 Å². The summed E-state index contributed by atoms with van der Waals surface area (Å²) in [6.07, 6.45) is 0.743. The average Bonchev–Trinajstić information content (AvgIpc) is 2.72. The van der Waals surface area contributed by atoms with E-state index in [0.29, 0.717) is 24.7 Å². The van der Waals surface area contributed by atoms with E-state index in [2.05, 4.69) is 10.5 Å². The van der Waals surface area contributed by atoms with Crippen LogP contribution in [0.1, 0.15) is 16.7 Å². The quantitative estimate of drug-likeness (QED) is 0.480. The Morgan fingerprint density at radius 1 is 0.897 bits per heavy atom. The van der Waals surface area contributed by atoms with Crippen LogP contribution in [-0.2, 0) is 23.0 Å². The van der Waals surface area contributed by atoms with Crippen molar-refractivity contribution in [1.82, 2.24) is 4.90 Å². The molecule has 0 radical (unpaired) electrons. The minimum atomic E-state index is -4.38. The van der Waals surface area contributed by atoms with Crippen molar-refractivity contribution in [2.45, 2.75) is 17.9 Å². The molecule has 0 aromatic heterocycles. The summed E-state index contributed by atoms with van der Waals surface area (Å²) in [6.45, 7) is 1.07. The zero-order chi connectivity index (χ0) is 20.4. The molecule has 0 saturated heterocycles. The lowest BCUT2D eigenvalue weighted by Gasteiger charge is -2.31. The molecule has 148 valence electrons. The van der Waals surface area contributed by atoms with Gasteiger partial charge in [0.2, 0.25) is 0 Å². The zero-order valence-corrected chi connectivity index (χ0v) is 16.2. The third kappa shape index (κ3) is 4.05. The molecule has 1 aliphatic rings. The lowest BCUT2D eigenvalue weighted by molar-refractivity contribution is 0.395. The first-order valence-electron chi connectivity index (χ1n) is 9.11. The summed E-state index contributed by atoms with van der Waals surface area (Å²) in [4.78, 5) is 1.22. The van der Waals surface area contributed by atoms with E-state index in [-0.39, 0.29) is 5.84 Å². The largest absolute Gasteiger partial charge is 0.351 e. The van der Waals surface area contributed by atoms with Crippen molar-refractivity contribution in [2.24, 2.45) is 4.40 Å². The van der Waals surface area contributed by atoms with Crippen molar-refractivity contribution >= 4 is 15.9 Å². The summed E-state index contributed by atoms with van der Waals surface area (Å²) < 4.78 is 57.1. The summed E-state index contributed by atoms with van der Waals surface area (Å²) >= 11 is 0. The van der Waals surface area contributed by atoms with Crippen molar-refractivity contribution in [1.29, 1.82) is 0 Å². The van der Waals surface area contributed by atoms with E-state index in [4.69, 9.17) is 0 Å². The lowest BCUT2D eigenvalue weighted by Crippen LogP contribution is -2.37. The number of sulfonamides is 1. The van der Waals surface area contributed by atoms with Crippen LogP contribution >= 0.6 is 0 Å². The van der Waals surface area contributed by atoms with Gasteiger partial charge in [-0.3, -0.25) is 0 Å². The number of amidine groups is 1. The Labute approximate surface area is 168 Å². The van der Waals surface area contributed by atoms with Crippen LogP contribution in [0.2, 0.25) is 0 Å². The molecule has 0 unspecified atom stereocenters. The molecule has 0 N–H and O–H groups in total. The molecule has 7 heteroatoms. The van der Waals surface area contributed by atoms with Gasteiger partial charge in [-0.25, -0.2) is 8.78 Å². The van der Waals surface area contributed by atoms with E-state index in [9.17, 15) is 17.2 Å². The molecule has 1 aliphatic heterocycles. The molecular formula is C22H18F2N2O2S. The molecule has 4 rings (SSSR count). The Balaban J connectivity index is 1.79. The van der Waals surface area contributed by atoms with E-state index in [1.807, 2.05) is 29.2 Å². The fraction of sp³-hybridized carbons (Fsp3) is 0.136. The summed E-state index contributed by atoms with van der Waals surface area (Å²) in [5.74, 6) is -1.77. The highest BCUT2D eigenvalue weighted by Gasteiger charge is 2.25. The minimum absolute atomic E-state index is 0.240. The first kappa shape index (κ1) is 19.3. The van der Waals surface area contributed by atoms with Gasteiger partial charge in [0.25, 0.3) is 10.0 Å². The second-order valence-electron chi connectivity index (χ2n) is 6.77. The Morgan fingerprint density at radius 2 is 1.59 bits per heavy atom. The number of hydrogen-bond donors (Lipinski definition) is 0. The van der Waals surface area contributed by atoms with Gasteiger partial charge in [-0.2, -0.15) is 8.42 Å². The SMILES string of the molecule is O=S(=O)(N=C(c1ccccc1)N1CCc2ccccc2C1)c1ccc(F)cc1F. The van der Waals surface area contributed by atoms with Crippen LogP contribution in [0, 0.1) is 11.6 Å². The van der Waals surface area contributed by atoms with E-state index < -0.39 is 26.6 Å². The third-order valence-corrected chi connectivity index (χ3v) is 6.14. The molecule has 0 atom stereocenters. The molecule has 4 nitrogen and oxygen atoms in total. The molecule has 3 aromatic rings. The molecule has 0 fully saturated rings. The molecule has 0 amide bonds. The molecule has 0 bridgehead atoms. The monoisotopic (exact) mass is 412 g/mol. The number of fused-ring (bicyclic) bond motifs is 1. The van der Waals surface area contributed by atoms with E-state index in [0.717, 1.165) is 24.1 Å². The van der Waals surface area contributed by atoms with E-state index in [1.54, 1.807) is 24.3 Å². The van der Waals surface area contributed by atoms with Crippen molar-refractivity contribution in [3.05, 3.63) is 101 Å². The summed E-state index contributed by atoms with van der Waals surface area (Å²) in [5, 5.41) is 0. The highest BCUT2D eigenvalue weighted by Crippen LogP contribution is 2.24. The van der Waals surface area contributed by atoms with Crippen LogP contribution in [0.4, 0.5) is 8.78 Å². The van der Waals surface area contributed by atoms with Gasteiger partial charge in [-0.1, -0.05) is 54.6 Å². The molecule has 0 saturated carbocycles. The fourth-order valence-electron chi connectivity index (χ4n) is 3.40. The smallest absolute Gasteiger partial charge is 0.287 e. The highest BCUT2D eigenvalue weighted by atomic mass is 32.2. The fourth-order valence-corrected chi connectivity index (χ4v) is 4.50. The normalized spacial score (nSPS) is 14.6. The Hall–Kier alpha value is -3.06. The second-order valence-corrected chi connectivity index (χ2v) is 8.34. The van der Waals surface area contributed by atoms with Crippen molar-refractivity contribution < 1.29 is 17.2 Å². The molecule has 0 aliphatic carbocycles. The Bertz CT molecular complexity index is 1180. The predicted molar refractivity (Wildman–Crippen MR) is 107 cm³/mol. The van der Waals surface area contributed by atoms with Gasteiger partial charge in [0.15, 0.2) is 0 Å². The maximum Gasteiger partial charge on any atom is 0.287 e.